The number of aromatic nitrogens is 1. The molecule has 0 radical (unpaired) electrons. The van der Waals surface area contributed by atoms with Crippen molar-refractivity contribution in [2.75, 3.05) is 32.1 Å². The lowest BCUT2D eigenvalue weighted by molar-refractivity contribution is -0.117. The number of hydrogen-bond donors (Lipinski definition) is 1. The van der Waals surface area contributed by atoms with Crippen molar-refractivity contribution in [1.29, 1.82) is 0 Å². The molecule has 1 saturated heterocycles. The van der Waals surface area contributed by atoms with Gasteiger partial charge in [0.05, 0.1) is 13.7 Å². The zero-order valence-corrected chi connectivity index (χ0v) is 13.2. The fraction of sp³-hybridized carbons (Fsp3) is 0.333. The van der Waals surface area contributed by atoms with Gasteiger partial charge in [0, 0.05) is 12.7 Å². The summed E-state index contributed by atoms with van der Waals surface area (Å²) in [4.78, 5) is 18.4. The topological polar surface area (TPSA) is 54.5 Å². The number of nitrogens with one attached hydrogen (secondary N) is 1. The van der Waals surface area contributed by atoms with Gasteiger partial charge in [-0.3, -0.25) is 9.69 Å². The van der Waals surface area contributed by atoms with Crippen LogP contribution in [0.4, 0.5) is 5.82 Å². The van der Waals surface area contributed by atoms with Crippen LogP contribution in [0, 0.1) is 0 Å². The Morgan fingerprint density at radius 3 is 2.83 bits per heavy atom. The molecule has 0 bridgehead atoms. The molecule has 1 aliphatic heterocycles. The predicted molar refractivity (Wildman–Crippen MR) is 89.7 cm³/mol. The third-order valence-electron chi connectivity index (χ3n) is 4.16. The van der Waals surface area contributed by atoms with Crippen molar-refractivity contribution in [3.05, 3.63) is 54.2 Å². The molecule has 1 N–H and O–H groups in total. The molecular formula is C18H21N3O2. The summed E-state index contributed by atoms with van der Waals surface area (Å²) >= 11 is 0. The molecule has 23 heavy (non-hydrogen) atoms. The number of ether oxygens (including phenoxy) is 1. The fourth-order valence-corrected chi connectivity index (χ4v) is 2.95. The Morgan fingerprint density at radius 1 is 1.30 bits per heavy atom. The fourth-order valence-electron chi connectivity index (χ4n) is 2.95. The van der Waals surface area contributed by atoms with E-state index in [1.807, 2.05) is 24.3 Å². The van der Waals surface area contributed by atoms with Crippen molar-refractivity contribution in [3.8, 4) is 5.75 Å². The van der Waals surface area contributed by atoms with E-state index < -0.39 is 0 Å². The van der Waals surface area contributed by atoms with Gasteiger partial charge in [0.25, 0.3) is 0 Å². The zero-order valence-electron chi connectivity index (χ0n) is 13.2. The Labute approximate surface area is 136 Å². The number of pyridine rings is 1. The first-order valence-corrected chi connectivity index (χ1v) is 7.82. The molecule has 0 spiro atoms. The van der Waals surface area contributed by atoms with Crippen LogP contribution >= 0.6 is 0 Å². The summed E-state index contributed by atoms with van der Waals surface area (Å²) in [5, 5.41) is 2.83. The number of benzene rings is 1. The van der Waals surface area contributed by atoms with Gasteiger partial charge >= 0.3 is 0 Å². The average Bonchev–Trinajstić information content (AvgIpc) is 3.04. The molecule has 1 aliphatic rings. The SMILES string of the molecule is COc1ccc(C2CCN(CC(=O)Nc3ccccn3)C2)cc1. The number of rotatable bonds is 5. The van der Waals surface area contributed by atoms with Crippen LogP contribution in [0.2, 0.25) is 0 Å². The molecule has 5 nitrogen and oxygen atoms in total. The van der Waals surface area contributed by atoms with E-state index in [-0.39, 0.29) is 5.91 Å². The van der Waals surface area contributed by atoms with E-state index in [0.29, 0.717) is 18.3 Å². The van der Waals surface area contributed by atoms with Gasteiger partial charge in [-0.15, -0.1) is 0 Å². The normalized spacial score (nSPS) is 17.9. The van der Waals surface area contributed by atoms with Crippen molar-refractivity contribution < 1.29 is 9.53 Å². The molecule has 2 aromatic rings. The minimum Gasteiger partial charge on any atom is -0.497 e. The number of methoxy groups -OCH3 is 1. The number of carbonyl (C=O) groups excluding carboxylic acids is 1. The molecule has 1 fully saturated rings. The highest BCUT2D eigenvalue weighted by molar-refractivity contribution is 5.91. The van der Waals surface area contributed by atoms with Crippen LogP contribution in [0.15, 0.2) is 48.7 Å². The number of amides is 1. The van der Waals surface area contributed by atoms with Gasteiger partial charge in [0.2, 0.25) is 5.91 Å². The van der Waals surface area contributed by atoms with Crippen LogP contribution in [-0.4, -0.2) is 42.5 Å². The molecule has 120 valence electrons. The lowest BCUT2D eigenvalue weighted by Crippen LogP contribution is -2.31. The van der Waals surface area contributed by atoms with Crippen LogP contribution in [0.1, 0.15) is 17.9 Å². The van der Waals surface area contributed by atoms with E-state index in [4.69, 9.17) is 4.74 Å². The molecule has 0 saturated carbocycles. The highest BCUT2D eigenvalue weighted by Crippen LogP contribution is 2.28. The van der Waals surface area contributed by atoms with E-state index >= 15 is 0 Å². The Hall–Kier alpha value is -2.40. The second kappa shape index (κ2) is 7.24. The second-order valence-corrected chi connectivity index (χ2v) is 5.76. The second-order valence-electron chi connectivity index (χ2n) is 5.76. The minimum absolute atomic E-state index is 0.0147. The van der Waals surface area contributed by atoms with E-state index in [0.717, 1.165) is 25.3 Å². The summed E-state index contributed by atoms with van der Waals surface area (Å²) < 4.78 is 5.19. The Balaban J connectivity index is 1.52. The van der Waals surface area contributed by atoms with E-state index in [1.54, 1.807) is 19.4 Å². The maximum atomic E-state index is 12.1. The van der Waals surface area contributed by atoms with Crippen LogP contribution in [0.3, 0.4) is 0 Å². The van der Waals surface area contributed by atoms with Gasteiger partial charge in [0.1, 0.15) is 11.6 Å². The number of anilines is 1. The summed E-state index contributed by atoms with van der Waals surface area (Å²) in [6.45, 7) is 2.25. The number of likely N-dealkylation sites (tertiary alicyclic amines) is 1. The summed E-state index contributed by atoms with van der Waals surface area (Å²) in [5.74, 6) is 1.93. The molecule has 1 aromatic heterocycles. The number of carbonyl (C=O) groups is 1. The highest BCUT2D eigenvalue weighted by Gasteiger charge is 2.25. The molecule has 1 aromatic carbocycles. The summed E-state index contributed by atoms with van der Waals surface area (Å²) in [6, 6.07) is 13.7. The van der Waals surface area contributed by atoms with Crippen LogP contribution in [0.25, 0.3) is 0 Å². The third-order valence-corrected chi connectivity index (χ3v) is 4.16. The first kappa shape index (κ1) is 15.5. The van der Waals surface area contributed by atoms with Gasteiger partial charge < -0.3 is 10.1 Å². The maximum absolute atomic E-state index is 12.1. The van der Waals surface area contributed by atoms with Gasteiger partial charge in [-0.1, -0.05) is 18.2 Å². The maximum Gasteiger partial charge on any atom is 0.239 e. The zero-order chi connectivity index (χ0) is 16.1. The first-order valence-electron chi connectivity index (χ1n) is 7.82. The van der Waals surface area contributed by atoms with Crippen molar-refractivity contribution in [2.45, 2.75) is 12.3 Å². The molecule has 0 aliphatic carbocycles. The summed E-state index contributed by atoms with van der Waals surface area (Å²) in [7, 11) is 1.67. The Morgan fingerprint density at radius 2 is 2.13 bits per heavy atom. The smallest absolute Gasteiger partial charge is 0.239 e. The lowest BCUT2D eigenvalue weighted by Gasteiger charge is -2.16. The molecule has 2 heterocycles. The summed E-state index contributed by atoms with van der Waals surface area (Å²) in [6.07, 6.45) is 2.74. The first-order chi connectivity index (χ1) is 11.2. The predicted octanol–water partition coefficient (Wildman–Crippen LogP) is 2.52. The summed E-state index contributed by atoms with van der Waals surface area (Å²) in [5.41, 5.74) is 1.30. The van der Waals surface area contributed by atoms with Gasteiger partial charge in [-0.2, -0.15) is 0 Å². The molecular weight excluding hydrogens is 290 g/mol. The molecule has 3 rings (SSSR count). The average molecular weight is 311 g/mol. The quantitative estimate of drug-likeness (QED) is 0.922. The van der Waals surface area contributed by atoms with Crippen LogP contribution in [-0.2, 0) is 4.79 Å². The Kier molecular flexibility index (Phi) is 4.88. The van der Waals surface area contributed by atoms with Crippen LogP contribution < -0.4 is 10.1 Å². The van der Waals surface area contributed by atoms with Crippen molar-refractivity contribution in [1.82, 2.24) is 9.88 Å². The Bertz CT molecular complexity index is 643. The number of nitrogens with zero attached hydrogens (tertiary/aromatic N) is 2. The minimum atomic E-state index is -0.0147. The van der Waals surface area contributed by atoms with Crippen molar-refractivity contribution in [3.63, 3.8) is 0 Å². The molecule has 5 heteroatoms. The molecule has 1 unspecified atom stereocenters. The standard InChI is InChI=1S/C18H21N3O2/c1-23-16-7-5-14(6-8-16)15-9-11-21(12-15)13-18(22)20-17-4-2-3-10-19-17/h2-8,10,15H,9,11-13H2,1H3,(H,19,20,22). The number of hydrogen-bond acceptors (Lipinski definition) is 4. The van der Waals surface area contributed by atoms with E-state index in [9.17, 15) is 4.79 Å². The molecule has 1 atom stereocenters. The monoisotopic (exact) mass is 311 g/mol. The van der Waals surface area contributed by atoms with Gasteiger partial charge in [-0.05, 0) is 48.7 Å². The lowest BCUT2D eigenvalue weighted by atomic mass is 9.98. The van der Waals surface area contributed by atoms with E-state index in [1.165, 1.54) is 5.56 Å². The highest BCUT2D eigenvalue weighted by atomic mass is 16.5. The third kappa shape index (κ3) is 4.07. The molecule has 1 amide bonds. The van der Waals surface area contributed by atoms with Crippen molar-refractivity contribution >= 4 is 11.7 Å². The van der Waals surface area contributed by atoms with Crippen LogP contribution in [0.5, 0.6) is 5.75 Å². The van der Waals surface area contributed by atoms with Crippen molar-refractivity contribution in [2.24, 2.45) is 0 Å². The largest absolute Gasteiger partial charge is 0.497 e. The van der Waals surface area contributed by atoms with Gasteiger partial charge in [0.15, 0.2) is 0 Å². The van der Waals surface area contributed by atoms with Gasteiger partial charge in [-0.25, -0.2) is 4.98 Å². The van der Waals surface area contributed by atoms with E-state index in [2.05, 4.69) is 27.3 Å².